The molecule has 2 atom stereocenters. The minimum absolute atomic E-state index is 0.208. The number of halogens is 1. The average Bonchev–Trinajstić information content (AvgIpc) is 3.11. The smallest absolute Gasteiger partial charge is 0.123 e. The maximum Gasteiger partial charge on any atom is 0.123 e. The molecule has 2 rings (SSSR count). The number of hydrogen-bond acceptors (Lipinski definition) is 2. The third kappa shape index (κ3) is 4.39. The van der Waals surface area contributed by atoms with Crippen LogP contribution in [0.1, 0.15) is 38.2 Å². The van der Waals surface area contributed by atoms with Gasteiger partial charge >= 0.3 is 0 Å². The highest BCUT2D eigenvalue weighted by atomic mass is 19.1. The predicted molar refractivity (Wildman–Crippen MR) is 68.9 cm³/mol. The van der Waals surface area contributed by atoms with Gasteiger partial charge < -0.3 is 9.47 Å². The van der Waals surface area contributed by atoms with E-state index in [1.54, 1.807) is 12.1 Å². The molecule has 1 aromatic carbocycles. The summed E-state index contributed by atoms with van der Waals surface area (Å²) in [5, 5.41) is 0. The van der Waals surface area contributed by atoms with E-state index in [-0.39, 0.29) is 11.9 Å². The van der Waals surface area contributed by atoms with Crippen LogP contribution in [-0.2, 0) is 16.1 Å². The van der Waals surface area contributed by atoms with Crippen LogP contribution in [0, 0.1) is 5.82 Å². The Morgan fingerprint density at radius 1 is 1.17 bits per heavy atom. The lowest BCUT2D eigenvalue weighted by Gasteiger charge is -2.02. The van der Waals surface area contributed by atoms with Gasteiger partial charge in [0, 0.05) is 0 Å². The first-order valence-electron chi connectivity index (χ1n) is 6.77. The van der Waals surface area contributed by atoms with E-state index in [2.05, 4.69) is 6.92 Å². The lowest BCUT2D eigenvalue weighted by Crippen LogP contribution is -2.05. The fourth-order valence-corrected chi connectivity index (χ4v) is 2.05. The number of benzene rings is 1. The summed E-state index contributed by atoms with van der Waals surface area (Å²) in [6.07, 6.45) is 5.61. The molecule has 0 bridgehead atoms. The molecule has 0 spiro atoms. The van der Waals surface area contributed by atoms with Gasteiger partial charge in [0.25, 0.3) is 0 Å². The van der Waals surface area contributed by atoms with Crippen molar-refractivity contribution in [1.82, 2.24) is 0 Å². The summed E-state index contributed by atoms with van der Waals surface area (Å²) in [4.78, 5) is 0. The van der Waals surface area contributed by atoms with E-state index in [0.29, 0.717) is 19.3 Å². The van der Waals surface area contributed by atoms with Crippen molar-refractivity contribution in [3.05, 3.63) is 35.6 Å². The molecule has 0 aliphatic carbocycles. The minimum Gasteiger partial charge on any atom is -0.374 e. The maximum absolute atomic E-state index is 12.7. The molecule has 0 N–H and O–H groups in total. The van der Waals surface area contributed by atoms with Gasteiger partial charge in [-0.15, -0.1) is 0 Å². The molecule has 2 nitrogen and oxygen atoms in total. The first kappa shape index (κ1) is 13.5. The molecule has 100 valence electrons. The number of hydrogen-bond donors (Lipinski definition) is 0. The fraction of sp³-hybridized carbons (Fsp3) is 0.600. The third-order valence-electron chi connectivity index (χ3n) is 3.24. The summed E-state index contributed by atoms with van der Waals surface area (Å²) in [6.45, 7) is 3.38. The molecule has 0 radical (unpaired) electrons. The zero-order valence-corrected chi connectivity index (χ0v) is 10.9. The Morgan fingerprint density at radius 3 is 2.67 bits per heavy atom. The van der Waals surface area contributed by atoms with Crippen LogP contribution in [0.25, 0.3) is 0 Å². The highest BCUT2D eigenvalue weighted by molar-refractivity contribution is 5.14. The van der Waals surface area contributed by atoms with Crippen molar-refractivity contribution in [3.8, 4) is 0 Å². The SMILES string of the molecule is CCCCCC1OC1COCc1ccc(F)cc1. The van der Waals surface area contributed by atoms with Crippen molar-refractivity contribution in [2.75, 3.05) is 6.61 Å². The van der Waals surface area contributed by atoms with Crippen LogP contribution in [-0.4, -0.2) is 18.8 Å². The van der Waals surface area contributed by atoms with E-state index in [1.165, 1.54) is 31.4 Å². The molecule has 1 aliphatic heterocycles. The molecule has 0 amide bonds. The predicted octanol–water partition coefficient (Wildman–Crippen LogP) is 3.69. The Kier molecular flexibility index (Phi) is 5.14. The number of unbranched alkanes of at least 4 members (excludes halogenated alkanes) is 2. The average molecular weight is 252 g/mol. The second-order valence-electron chi connectivity index (χ2n) is 4.85. The zero-order chi connectivity index (χ0) is 12.8. The van der Waals surface area contributed by atoms with Crippen molar-refractivity contribution in [1.29, 1.82) is 0 Å². The topological polar surface area (TPSA) is 21.8 Å². The van der Waals surface area contributed by atoms with Gasteiger partial charge in [-0.1, -0.05) is 38.3 Å². The Hall–Kier alpha value is -0.930. The lowest BCUT2D eigenvalue weighted by atomic mass is 10.1. The largest absolute Gasteiger partial charge is 0.374 e. The first-order chi connectivity index (χ1) is 8.79. The van der Waals surface area contributed by atoms with Crippen LogP contribution in [0.2, 0.25) is 0 Å². The molecule has 1 heterocycles. The highest BCUT2D eigenvalue weighted by Gasteiger charge is 2.37. The van der Waals surface area contributed by atoms with E-state index in [0.717, 1.165) is 12.0 Å². The molecule has 1 fully saturated rings. The second kappa shape index (κ2) is 6.86. The van der Waals surface area contributed by atoms with Crippen LogP contribution >= 0.6 is 0 Å². The van der Waals surface area contributed by atoms with Gasteiger partial charge in [-0.25, -0.2) is 4.39 Å². The van der Waals surface area contributed by atoms with Gasteiger partial charge in [0.05, 0.1) is 19.3 Å². The molecule has 1 aromatic rings. The van der Waals surface area contributed by atoms with Crippen LogP contribution in [0.5, 0.6) is 0 Å². The zero-order valence-electron chi connectivity index (χ0n) is 10.9. The summed E-state index contributed by atoms with van der Waals surface area (Å²) in [6, 6.07) is 6.42. The Morgan fingerprint density at radius 2 is 1.94 bits per heavy atom. The van der Waals surface area contributed by atoms with Gasteiger partial charge in [0.15, 0.2) is 0 Å². The summed E-state index contributed by atoms with van der Waals surface area (Å²) < 4.78 is 23.8. The van der Waals surface area contributed by atoms with Gasteiger partial charge in [-0.3, -0.25) is 0 Å². The molecule has 1 saturated heterocycles. The molecule has 1 aliphatic rings. The van der Waals surface area contributed by atoms with Crippen LogP contribution < -0.4 is 0 Å². The lowest BCUT2D eigenvalue weighted by molar-refractivity contribution is 0.104. The Labute approximate surface area is 108 Å². The van der Waals surface area contributed by atoms with Gasteiger partial charge in [-0.2, -0.15) is 0 Å². The van der Waals surface area contributed by atoms with Crippen molar-refractivity contribution < 1.29 is 13.9 Å². The summed E-state index contributed by atoms with van der Waals surface area (Å²) in [7, 11) is 0. The van der Waals surface area contributed by atoms with E-state index < -0.39 is 0 Å². The number of epoxide rings is 1. The van der Waals surface area contributed by atoms with Crippen LogP contribution in [0.15, 0.2) is 24.3 Å². The molecule has 0 aromatic heterocycles. The standard InChI is InChI=1S/C15H21FO2/c1-2-3-4-5-14-15(18-14)11-17-10-12-6-8-13(16)9-7-12/h6-9,14-15H,2-5,10-11H2,1H3. The third-order valence-corrected chi connectivity index (χ3v) is 3.24. The van der Waals surface area contributed by atoms with Gasteiger partial charge in [0.1, 0.15) is 11.9 Å². The second-order valence-corrected chi connectivity index (χ2v) is 4.85. The number of ether oxygens (including phenoxy) is 2. The maximum atomic E-state index is 12.7. The molecule has 2 unspecified atom stereocenters. The van der Waals surface area contributed by atoms with Crippen molar-refractivity contribution >= 4 is 0 Å². The van der Waals surface area contributed by atoms with E-state index in [1.807, 2.05) is 0 Å². The minimum atomic E-state index is -0.208. The van der Waals surface area contributed by atoms with Crippen LogP contribution in [0.3, 0.4) is 0 Å². The molecular weight excluding hydrogens is 231 g/mol. The van der Waals surface area contributed by atoms with Crippen molar-refractivity contribution in [2.24, 2.45) is 0 Å². The van der Waals surface area contributed by atoms with E-state index >= 15 is 0 Å². The Bertz CT molecular complexity index is 350. The summed E-state index contributed by atoms with van der Waals surface area (Å²) in [5.74, 6) is -0.208. The van der Waals surface area contributed by atoms with Crippen LogP contribution in [0.4, 0.5) is 4.39 Å². The quantitative estimate of drug-likeness (QED) is 0.520. The fourth-order valence-electron chi connectivity index (χ4n) is 2.05. The monoisotopic (exact) mass is 252 g/mol. The molecule has 3 heteroatoms. The number of rotatable bonds is 8. The first-order valence-corrected chi connectivity index (χ1v) is 6.77. The molecule has 0 saturated carbocycles. The highest BCUT2D eigenvalue weighted by Crippen LogP contribution is 2.27. The van der Waals surface area contributed by atoms with Gasteiger partial charge in [-0.05, 0) is 24.1 Å². The normalized spacial score (nSPS) is 22.1. The summed E-state index contributed by atoms with van der Waals surface area (Å²) >= 11 is 0. The van der Waals surface area contributed by atoms with E-state index in [4.69, 9.17) is 9.47 Å². The Balaban J connectivity index is 1.56. The van der Waals surface area contributed by atoms with E-state index in [9.17, 15) is 4.39 Å². The van der Waals surface area contributed by atoms with Gasteiger partial charge in [0.2, 0.25) is 0 Å². The van der Waals surface area contributed by atoms with Crippen molar-refractivity contribution in [2.45, 2.75) is 51.4 Å². The van der Waals surface area contributed by atoms with Crippen molar-refractivity contribution in [3.63, 3.8) is 0 Å². The molecule has 18 heavy (non-hydrogen) atoms. The summed E-state index contributed by atoms with van der Waals surface area (Å²) in [5.41, 5.74) is 1.000. The molecular formula is C15H21FO2.